The van der Waals surface area contributed by atoms with Gasteiger partial charge in [-0.1, -0.05) is 6.07 Å². The highest BCUT2D eigenvalue weighted by Gasteiger charge is 2.23. The van der Waals surface area contributed by atoms with Crippen molar-refractivity contribution in [2.24, 2.45) is 4.99 Å². The molecule has 3 aromatic heterocycles. The first-order valence-electron chi connectivity index (χ1n) is 7.68. The van der Waals surface area contributed by atoms with Crippen LogP contribution in [0.2, 0.25) is 0 Å². The Morgan fingerprint density at radius 2 is 2.09 bits per heavy atom. The van der Waals surface area contributed by atoms with Crippen LogP contribution in [-0.4, -0.2) is 20.6 Å². The molecule has 1 fully saturated rings. The van der Waals surface area contributed by atoms with Crippen LogP contribution in [0.1, 0.15) is 35.6 Å². The topological polar surface area (TPSA) is 94.6 Å². The van der Waals surface area contributed by atoms with Gasteiger partial charge in [0.15, 0.2) is 0 Å². The Morgan fingerprint density at radius 1 is 1.22 bits per heavy atom. The van der Waals surface area contributed by atoms with Gasteiger partial charge in [-0.25, -0.2) is 9.97 Å². The lowest BCUT2D eigenvalue weighted by molar-refractivity contribution is 1.02. The van der Waals surface area contributed by atoms with E-state index in [1.165, 1.54) is 18.4 Å². The van der Waals surface area contributed by atoms with Gasteiger partial charge in [-0.15, -0.1) is 0 Å². The Hall–Kier alpha value is -2.89. The number of aliphatic imine (C=N–C) groups is 1. The van der Waals surface area contributed by atoms with Crippen molar-refractivity contribution in [2.45, 2.75) is 25.3 Å². The lowest BCUT2D eigenvalue weighted by Crippen LogP contribution is -2.01. The molecule has 1 aliphatic carbocycles. The summed E-state index contributed by atoms with van der Waals surface area (Å²) in [6, 6.07) is 6.04. The van der Waals surface area contributed by atoms with Gasteiger partial charge in [0, 0.05) is 30.4 Å². The molecule has 0 radical (unpaired) electrons. The van der Waals surface area contributed by atoms with Crippen molar-refractivity contribution in [3.05, 3.63) is 53.6 Å². The number of aromatic nitrogens is 3. The van der Waals surface area contributed by atoms with E-state index in [0.29, 0.717) is 18.1 Å². The van der Waals surface area contributed by atoms with Crippen molar-refractivity contribution >= 4 is 23.4 Å². The third-order valence-electron chi connectivity index (χ3n) is 4.11. The Balaban J connectivity index is 1.53. The first kappa shape index (κ1) is 13.8. The molecule has 3 heterocycles. The van der Waals surface area contributed by atoms with Crippen molar-refractivity contribution < 1.29 is 0 Å². The summed E-state index contributed by atoms with van der Waals surface area (Å²) >= 11 is 0. The second-order valence-corrected chi connectivity index (χ2v) is 5.90. The maximum atomic E-state index is 5.88. The zero-order valence-electron chi connectivity index (χ0n) is 12.7. The van der Waals surface area contributed by atoms with Gasteiger partial charge in [-0.3, -0.25) is 4.99 Å². The third kappa shape index (κ3) is 2.75. The summed E-state index contributed by atoms with van der Waals surface area (Å²) in [4.78, 5) is 12.9. The molecule has 0 saturated heterocycles. The lowest BCUT2D eigenvalue weighted by Gasteiger charge is -2.01. The molecule has 0 aromatic carbocycles. The summed E-state index contributed by atoms with van der Waals surface area (Å²) in [6.07, 6.45) is 10.1. The van der Waals surface area contributed by atoms with E-state index >= 15 is 0 Å². The largest absolute Gasteiger partial charge is 0.395 e. The van der Waals surface area contributed by atoms with E-state index in [9.17, 15) is 0 Å². The fourth-order valence-electron chi connectivity index (χ4n) is 2.65. The first-order chi connectivity index (χ1) is 11.2. The zero-order chi connectivity index (χ0) is 15.8. The standard InChI is InChI=1S/C17H18N6/c18-16-12(5-6-21-17(16)19)7-20-8-14-10-23-9-13(11-1-2-11)3-4-15(23)22-14/h3-7,9-11H,1-2,8,18H2,(H2,19,21). The van der Waals surface area contributed by atoms with Crippen LogP contribution >= 0.6 is 0 Å². The van der Waals surface area contributed by atoms with Gasteiger partial charge < -0.3 is 15.9 Å². The van der Waals surface area contributed by atoms with Crippen molar-refractivity contribution in [1.82, 2.24) is 14.4 Å². The van der Waals surface area contributed by atoms with Gasteiger partial charge in [0.05, 0.1) is 17.9 Å². The minimum Gasteiger partial charge on any atom is -0.395 e. The van der Waals surface area contributed by atoms with E-state index < -0.39 is 0 Å². The van der Waals surface area contributed by atoms with Gasteiger partial charge in [-0.05, 0) is 36.5 Å². The van der Waals surface area contributed by atoms with E-state index in [1.807, 2.05) is 6.20 Å². The Morgan fingerprint density at radius 3 is 2.91 bits per heavy atom. The number of fused-ring (bicyclic) bond motifs is 1. The molecule has 4 N–H and O–H groups in total. The molecule has 1 saturated carbocycles. The van der Waals surface area contributed by atoms with Crippen molar-refractivity contribution in [2.75, 3.05) is 11.5 Å². The van der Waals surface area contributed by atoms with Crippen LogP contribution in [0.5, 0.6) is 0 Å². The number of hydrogen-bond donors (Lipinski definition) is 2. The highest BCUT2D eigenvalue weighted by Crippen LogP contribution is 2.39. The SMILES string of the molecule is Nc1nccc(C=NCc2cn3cc(C4CC4)ccc3n2)c1N. The van der Waals surface area contributed by atoms with Crippen molar-refractivity contribution in [3.63, 3.8) is 0 Å². The summed E-state index contributed by atoms with van der Waals surface area (Å²) in [7, 11) is 0. The van der Waals surface area contributed by atoms with E-state index in [2.05, 4.69) is 37.7 Å². The fraction of sp³-hybridized carbons (Fsp3) is 0.235. The second-order valence-electron chi connectivity index (χ2n) is 5.90. The number of anilines is 2. The number of rotatable bonds is 4. The smallest absolute Gasteiger partial charge is 0.147 e. The summed E-state index contributed by atoms with van der Waals surface area (Å²) in [5.41, 5.74) is 16.1. The van der Waals surface area contributed by atoms with E-state index in [0.717, 1.165) is 22.8 Å². The zero-order valence-corrected chi connectivity index (χ0v) is 12.7. The van der Waals surface area contributed by atoms with Gasteiger partial charge >= 0.3 is 0 Å². The summed E-state index contributed by atoms with van der Waals surface area (Å²) < 4.78 is 2.08. The van der Waals surface area contributed by atoms with Gasteiger partial charge in [0.25, 0.3) is 0 Å². The first-order valence-corrected chi connectivity index (χ1v) is 7.68. The second kappa shape index (κ2) is 5.39. The highest BCUT2D eigenvalue weighted by atomic mass is 15.0. The summed E-state index contributed by atoms with van der Waals surface area (Å²) in [5.74, 6) is 1.07. The molecule has 0 atom stereocenters. The molecule has 0 unspecified atom stereocenters. The number of imidazole rings is 1. The summed E-state index contributed by atoms with van der Waals surface area (Å²) in [6.45, 7) is 0.502. The predicted octanol–water partition coefficient (Wildman–Crippen LogP) is 2.39. The molecule has 4 rings (SSSR count). The maximum absolute atomic E-state index is 5.88. The van der Waals surface area contributed by atoms with Crippen LogP contribution in [0, 0.1) is 0 Å². The van der Waals surface area contributed by atoms with Crippen LogP contribution < -0.4 is 11.5 Å². The highest BCUT2D eigenvalue weighted by molar-refractivity contribution is 5.89. The molecule has 0 aliphatic heterocycles. The van der Waals surface area contributed by atoms with Gasteiger partial charge in [0.1, 0.15) is 11.5 Å². The molecule has 116 valence electrons. The quantitative estimate of drug-likeness (QED) is 0.724. The molecular formula is C17H18N6. The van der Waals surface area contributed by atoms with E-state index in [1.54, 1.807) is 18.5 Å². The number of nitrogen functional groups attached to an aromatic ring is 2. The predicted molar refractivity (Wildman–Crippen MR) is 91.5 cm³/mol. The van der Waals surface area contributed by atoms with Crippen LogP contribution in [0.4, 0.5) is 11.5 Å². The molecule has 6 nitrogen and oxygen atoms in total. The summed E-state index contributed by atoms with van der Waals surface area (Å²) in [5, 5.41) is 0. The Bertz CT molecular complexity index is 891. The molecule has 23 heavy (non-hydrogen) atoms. The molecule has 0 bridgehead atoms. The monoisotopic (exact) mass is 306 g/mol. The Labute approximate surface area is 133 Å². The van der Waals surface area contributed by atoms with Crippen LogP contribution in [0.15, 0.2) is 41.8 Å². The normalized spacial score (nSPS) is 14.8. The number of pyridine rings is 2. The number of nitrogens with zero attached hydrogens (tertiary/aromatic N) is 4. The third-order valence-corrected chi connectivity index (χ3v) is 4.11. The minimum atomic E-state index is 0.328. The average molecular weight is 306 g/mol. The molecular weight excluding hydrogens is 288 g/mol. The number of hydrogen-bond acceptors (Lipinski definition) is 5. The maximum Gasteiger partial charge on any atom is 0.147 e. The lowest BCUT2D eigenvalue weighted by atomic mass is 10.2. The van der Waals surface area contributed by atoms with Gasteiger partial charge in [0.2, 0.25) is 0 Å². The van der Waals surface area contributed by atoms with Crippen molar-refractivity contribution in [3.8, 4) is 0 Å². The molecule has 1 aliphatic rings. The minimum absolute atomic E-state index is 0.328. The van der Waals surface area contributed by atoms with Gasteiger partial charge in [-0.2, -0.15) is 0 Å². The van der Waals surface area contributed by atoms with E-state index in [4.69, 9.17) is 11.5 Å². The fourth-order valence-corrected chi connectivity index (χ4v) is 2.65. The Kier molecular flexibility index (Phi) is 3.22. The number of nitrogens with two attached hydrogens (primary N) is 2. The van der Waals surface area contributed by atoms with Crippen molar-refractivity contribution in [1.29, 1.82) is 0 Å². The van der Waals surface area contributed by atoms with E-state index in [-0.39, 0.29) is 0 Å². The average Bonchev–Trinajstić information content (AvgIpc) is 3.31. The molecule has 6 heteroatoms. The molecule has 3 aromatic rings. The molecule has 0 spiro atoms. The van der Waals surface area contributed by atoms with Crippen LogP contribution in [-0.2, 0) is 6.54 Å². The molecule has 0 amide bonds. The van der Waals surface area contributed by atoms with Crippen LogP contribution in [0.3, 0.4) is 0 Å². The van der Waals surface area contributed by atoms with Crippen LogP contribution in [0.25, 0.3) is 5.65 Å².